The van der Waals surface area contributed by atoms with Crippen LogP contribution in [0, 0.1) is 11.3 Å². The minimum atomic E-state index is -0.0939. The van der Waals surface area contributed by atoms with Crippen molar-refractivity contribution >= 4 is 23.1 Å². The van der Waals surface area contributed by atoms with Gasteiger partial charge in [-0.1, -0.05) is 23.7 Å². The smallest absolute Gasteiger partial charge is 0.159 e. The average molecular weight is 341 g/mol. The molecule has 1 atom stereocenters. The predicted molar refractivity (Wildman–Crippen MR) is 93.5 cm³/mol. The van der Waals surface area contributed by atoms with Crippen molar-refractivity contribution in [1.82, 2.24) is 0 Å². The van der Waals surface area contributed by atoms with Crippen LogP contribution in [0.5, 0.6) is 0 Å². The highest BCUT2D eigenvalue weighted by Crippen LogP contribution is 2.29. The molecule has 0 aliphatic carbocycles. The molecule has 1 aliphatic rings. The van der Waals surface area contributed by atoms with Crippen molar-refractivity contribution in [3.05, 3.63) is 64.2 Å². The molecule has 0 amide bonds. The van der Waals surface area contributed by atoms with Crippen molar-refractivity contribution in [1.29, 1.82) is 5.26 Å². The summed E-state index contributed by atoms with van der Waals surface area (Å²) in [6.45, 7) is 3.39. The van der Waals surface area contributed by atoms with E-state index in [1.807, 2.05) is 24.3 Å². The van der Waals surface area contributed by atoms with E-state index >= 15 is 0 Å². The summed E-state index contributed by atoms with van der Waals surface area (Å²) in [5.41, 5.74) is 3.01. The second-order valence-electron chi connectivity index (χ2n) is 5.76. The molecule has 2 aromatic carbocycles. The summed E-state index contributed by atoms with van der Waals surface area (Å²) in [6.07, 6.45) is -0.0939. The quantitative estimate of drug-likeness (QED) is 0.793. The van der Waals surface area contributed by atoms with Crippen molar-refractivity contribution in [2.24, 2.45) is 0 Å². The molecule has 4 nitrogen and oxygen atoms in total. The summed E-state index contributed by atoms with van der Waals surface area (Å²) < 4.78 is 5.87. The minimum absolute atomic E-state index is 0.0109. The average Bonchev–Trinajstić information content (AvgIpc) is 2.62. The van der Waals surface area contributed by atoms with Crippen LogP contribution in [0.3, 0.4) is 0 Å². The van der Waals surface area contributed by atoms with E-state index in [2.05, 4.69) is 11.0 Å². The Bertz CT molecular complexity index is 796. The van der Waals surface area contributed by atoms with Crippen LogP contribution in [-0.4, -0.2) is 25.5 Å². The van der Waals surface area contributed by atoms with Gasteiger partial charge in [-0.3, -0.25) is 4.79 Å². The van der Waals surface area contributed by atoms with Crippen LogP contribution in [0.2, 0.25) is 5.02 Å². The lowest BCUT2D eigenvalue weighted by atomic mass is 10.0. The number of halogens is 1. The van der Waals surface area contributed by atoms with E-state index in [9.17, 15) is 10.1 Å². The van der Waals surface area contributed by atoms with Crippen molar-refractivity contribution in [2.75, 3.05) is 24.6 Å². The molecule has 0 spiro atoms. The van der Waals surface area contributed by atoms with Crippen LogP contribution < -0.4 is 4.90 Å². The Hall–Kier alpha value is -2.35. The zero-order valence-corrected chi connectivity index (χ0v) is 14.1. The fourth-order valence-electron chi connectivity index (χ4n) is 2.85. The molecule has 24 heavy (non-hydrogen) atoms. The van der Waals surface area contributed by atoms with Crippen LogP contribution in [0.25, 0.3) is 0 Å². The predicted octanol–water partition coefficient (Wildman–Crippen LogP) is 3.99. The van der Waals surface area contributed by atoms with E-state index in [1.54, 1.807) is 18.2 Å². The van der Waals surface area contributed by atoms with Gasteiger partial charge in [0.2, 0.25) is 0 Å². The van der Waals surface area contributed by atoms with Gasteiger partial charge in [-0.05, 0) is 42.8 Å². The summed E-state index contributed by atoms with van der Waals surface area (Å²) in [6, 6.07) is 15.0. The molecule has 1 saturated heterocycles. The number of carbonyl (C=O) groups excluding carboxylic acids is 1. The highest BCUT2D eigenvalue weighted by atomic mass is 35.5. The van der Waals surface area contributed by atoms with Gasteiger partial charge in [-0.15, -0.1) is 0 Å². The van der Waals surface area contributed by atoms with E-state index in [0.717, 1.165) is 11.3 Å². The maximum atomic E-state index is 11.7. The standard InChI is InChI=1S/C19H17ClN2O2/c1-13(23)15-2-3-16(11-21)18(10-15)22-8-9-24-19(12-22)14-4-6-17(20)7-5-14/h2-7,10,19H,8-9,12H2,1H3. The highest BCUT2D eigenvalue weighted by Gasteiger charge is 2.24. The second-order valence-corrected chi connectivity index (χ2v) is 6.19. The van der Waals surface area contributed by atoms with Gasteiger partial charge in [-0.2, -0.15) is 5.26 Å². The van der Waals surface area contributed by atoms with Crippen LogP contribution in [0.1, 0.15) is 34.5 Å². The maximum Gasteiger partial charge on any atom is 0.159 e. The number of hydrogen-bond donors (Lipinski definition) is 0. The van der Waals surface area contributed by atoms with Gasteiger partial charge in [-0.25, -0.2) is 0 Å². The third-order valence-electron chi connectivity index (χ3n) is 4.17. The molecule has 0 N–H and O–H groups in total. The first-order valence-corrected chi connectivity index (χ1v) is 8.13. The highest BCUT2D eigenvalue weighted by molar-refractivity contribution is 6.30. The number of anilines is 1. The molecule has 0 aromatic heterocycles. The van der Waals surface area contributed by atoms with Crippen LogP contribution in [0.15, 0.2) is 42.5 Å². The van der Waals surface area contributed by atoms with Gasteiger partial charge in [0.05, 0.1) is 17.9 Å². The Balaban J connectivity index is 1.89. The van der Waals surface area contributed by atoms with Gasteiger partial charge >= 0.3 is 0 Å². The molecular formula is C19H17ClN2O2. The first-order chi connectivity index (χ1) is 11.6. The van der Waals surface area contributed by atoms with E-state index in [0.29, 0.717) is 35.8 Å². The number of nitriles is 1. The maximum absolute atomic E-state index is 11.7. The second kappa shape index (κ2) is 7.04. The van der Waals surface area contributed by atoms with Crippen molar-refractivity contribution in [2.45, 2.75) is 13.0 Å². The monoisotopic (exact) mass is 340 g/mol. The first kappa shape index (κ1) is 16.5. The summed E-state index contributed by atoms with van der Waals surface area (Å²) >= 11 is 5.94. The number of ether oxygens (including phenoxy) is 1. The Morgan fingerprint density at radius 2 is 2.04 bits per heavy atom. The Labute approximate surface area is 146 Å². The number of Topliss-reactive ketones (excluding diaryl/α,β-unsaturated/α-hetero) is 1. The number of nitrogens with zero attached hydrogens (tertiary/aromatic N) is 2. The normalized spacial score (nSPS) is 17.4. The van der Waals surface area contributed by atoms with Crippen molar-refractivity contribution in [3.63, 3.8) is 0 Å². The van der Waals surface area contributed by atoms with Crippen LogP contribution >= 0.6 is 11.6 Å². The lowest BCUT2D eigenvalue weighted by Crippen LogP contribution is -2.38. The number of benzene rings is 2. The number of morpholine rings is 1. The molecule has 1 heterocycles. The number of rotatable bonds is 3. The van der Waals surface area contributed by atoms with Crippen molar-refractivity contribution in [3.8, 4) is 6.07 Å². The number of ketones is 1. The molecule has 5 heteroatoms. The van der Waals surface area contributed by atoms with Crippen molar-refractivity contribution < 1.29 is 9.53 Å². The van der Waals surface area contributed by atoms with E-state index in [-0.39, 0.29) is 11.9 Å². The van der Waals surface area contributed by atoms with Gasteiger partial charge in [0.25, 0.3) is 0 Å². The largest absolute Gasteiger partial charge is 0.370 e. The SMILES string of the molecule is CC(=O)c1ccc(C#N)c(N2CCOC(c3ccc(Cl)cc3)C2)c1. The minimum Gasteiger partial charge on any atom is -0.370 e. The van der Waals surface area contributed by atoms with Gasteiger partial charge in [0.1, 0.15) is 12.2 Å². The summed E-state index contributed by atoms with van der Waals surface area (Å²) in [5, 5.41) is 10.1. The Kier molecular flexibility index (Phi) is 4.84. The topological polar surface area (TPSA) is 53.3 Å². The molecule has 1 unspecified atom stereocenters. The molecule has 1 fully saturated rings. The molecular weight excluding hydrogens is 324 g/mol. The van der Waals surface area contributed by atoms with E-state index in [4.69, 9.17) is 16.3 Å². The van der Waals surface area contributed by atoms with E-state index in [1.165, 1.54) is 6.92 Å². The molecule has 3 rings (SSSR count). The lowest BCUT2D eigenvalue weighted by Gasteiger charge is -2.35. The molecule has 0 radical (unpaired) electrons. The summed E-state index contributed by atoms with van der Waals surface area (Å²) in [4.78, 5) is 13.8. The summed E-state index contributed by atoms with van der Waals surface area (Å²) in [7, 11) is 0. The van der Waals surface area contributed by atoms with Crippen LogP contribution in [-0.2, 0) is 4.74 Å². The zero-order chi connectivity index (χ0) is 17.1. The summed E-state index contributed by atoms with van der Waals surface area (Å²) in [5.74, 6) is -0.0109. The lowest BCUT2D eigenvalue weighted by molar-refractivity contribution is 0.0398. The Morgan fingerprint density at radius 3 is 2.71 bits per heavy atom. The number of carbonyl (C=O) groups is 1. The molecule has 2 aromatic rings. The number of hydrogen-bond acceptors (Lipinski definition) is 4. The Morgan fingerprint density at radius 1 is 1.29 bits per heavy atom. The molecule has 0 saturated carbocycles. The molecule has 0 bridgehead atoms. The van der Waals surface area contributed by atoms with Gasteiger partial charge in [0, 0.05) is 23.7 Å². The van der Waals surface area contributed by atoms with Crippen LogP contribution in [0.4, 0.5) is 5.69 Å². The third kappa shape index (κ3) is 3.43. The fraction of sp³-hybridized carbons (Fsp3) is 0.263. The van der Waals surface area contributed by atoms with Gasteiger partial charge < -0.3 is 9.64 Å². The fourth-order valence-corrected chi connectivity index (χ4v) is 2.98. The first-order valence-electron chi connectivity index (χ1n) is 7.75. The molecule has 122 valence electrons. The van der Waals surface area contributed by atoms with Gasteiger partial charge in [0.15, 0.2) is 5.78 Å². The third-order valence-corrected chi connectivity index (χ3v) is 4.43. The molecule has 1 aliphatic heterocycles. The zero-order valence-electron chi connectivity index (χ0n) is 13.3. The van der Waals surface area contributed by atoms with E-state index < -0.39 is 0 Å².